The summed E-state index contributed by atoms with van der Waals surface area (Å²) in [5, 5.41) is 9.23. The first-order valence-electron chi connectivity index (χ1n) is 18.6. The minimum atomic E-state index is -5.24. The van der Waals surface area contributed by atoms with Gasteiger partial charge in [-0.05, 0) is 50.8 Å². The van der Waals surface area contributed by atoms with Gasteiger partial charge in [0.15, 0.2) is 5.82 Å². The van der Waals surface area contributed by atoms with E-state index in [2.05, 4.69) is 9.97 Å². The molecule has 8 heterocycles. The Labute approximate surface area is 324 Å². The number of carbonyl (C=O) groups is 1. The molecule has 0 aliphatic carbocycles. The Balaban J connectivity index is 1.19. The maximum atomic E-state index is 17.6. The normalized spacial score (nSPS) is 25.4. The van der Waals surface area contributed by atoms with E-state index in [-0.39, 0.29) is 70.1 Å². The number of halogens is 6. The summed E-state index contributed by atoms with van der Waals surface area (Å²) >= 11 is 0.668. The lowest BCUT2D eigenvalue weighted by Gasteiger charge is -2.31. The van der Waals surface area contributed by atoms with Gasteiger partial charge in [-0.2, -0.15) is 28.4 Å². The van der Waals surface area contributed by atoms with Gasteiger partial charge >= 0.3 is 18.2 Å². The first kappa shape index (κ1) is 36.0. The second-order valence-electron chi connectivity index (χ2n) is 15.5. The number of aromatic nitrogens is 4. The molecule has 2 aromatic carbocycles. The number of likely N-dealkylation sites (tertiary alicyclic amines) is 1. The van der Waals surface area contributed by atoms with E-state index >= 15 is 22.0 Å². The van der Waals surface area contributed by atoms with Crippen molar-refractivity contribution >= 4 is 49.2 Å². The van der Waals surface area contributed by atoms with Gasteiger partial charge in [0.05, 0.1) is 45.0 Å². The molecule has 1 amide bonds. The lowest BCUT2D eigenvalue weighted by molar-refractivity contribution is -0.138. The molecular formula is C38H33F6N9O3S. The van der Waals surface area contributed by atoms with Crippen LogP contribution in [0.3, 0.4) is 0 Å². The number of rotatable bonds is 4. The predicted molar refractivity (Wildman–Crippen MR) is 196 cm³/mol. The third-order valence-corrected chi connectivity index (χ3v) is 13.4. The highest BCUT2D eigenvalue weighted by molar-refractivity contribution is 7.23. The zero-order valence-corrected chi connectivity index (χ0v) is 31.1. The van der Waals surface area contributed by atoms with Gasteiger partial charge in [0, 0.05) is 36.7 Å². The van der Waals surface area contributed by atoms with Crippen molar-refractivity contribution in [2.45, 2.75) is 75.0 Å². The van der Waals surface area contributed by atoms with Gasteiger partial charge in [-0.3, -0.25) is 9.47 Å². The third-order valence-electron chi connectivity index (χ3n) is 12.3. The summed E-state index contributed by atoms with van der Waals surface area (Å²) in [7, 11) is 0. The zero-order valence-electron chi connectivity index (χ0n) is 30.2. The summed E-state index contributed by atoms with van der Waals surface area (Å²) in [6, 6.07) is 1.63. The number of fused-ring (bicyclic) bond motifs is 6. The first-order chi connectivity index (χ1) is 27.3. The molecule has 5 atom stereocenters. The highest BCUT2D eigenvalue weighted by atomic mass is 32.1. The van der Waals surface area contributed by atoms with Crippen molar-refractivity contribution < 1.29 is 40.6 Å². The van der Waals surface area contributed by atoms with Crippen molar-refractivity contribution in [1.29, 1.82) is 5.26 Å². The van der Waals surface area contributed by atoms with Crippen LogP contribution in [-0.2, 0) is 6.18 Å². The smallest absolute Gasteiger partial charge is 0.420 e. The van der Waals surface area contributed by atoms with E-state index in [1.165, 1.54) is 10.9 Å². The van der Waals surface area contributed by atoms with Crippen LogP contribution < -0.4 is 20.1 Å². The maximum Gasteiger partial charge on any atom is 0.420 e. The van der Waals surface area contributed by atoms with Gasteiger partial charge in [-0.15, -0.1) is 11.3 Å². The van der Waals surface area contributed by atoms with Crippen LogP contribution >= 0.6 is 11.3 Å². The van der Waals surface area contributed by atoms with Gasteiger partial charge in [-0.25, -0.2) is 22.9 Å². The predicted octanol–water partition coefficient (Wildman–Crippen LogP) is 6.80. The number of aryl methyl sites for hydroxylation is 1. The van der Waals surface area contributed by atoms with Gasteiger partial charge in [0.1, 0.15) is 65.2 Å². The second-order valence-corrected chi connectivity index (χ2v) is 16.5. The van der Waals surface area contributed by atoms with E-state index < -0.39 is 75.6 Å². The van der Waals surface area contributed by atoms with Gasteiger partial charge in [-0.1, -0.05) is 6.07 Å². The fourth-order valence-corrected chi connectivity index (χ4v) is 11.0. The number of imidazole rings is 1. The molecule has 12 nitrogen and oxygen atoms in total. The van der Waals surface area contributed by atoms with Gasteiger partial charge < -0.3 is 25.0 Å². The van der Waals surface area contributed by atoms with Crippen LogP contribution in [0.1, 0.15) is 48.9 Å². The number of carbonyl (C=O) groups excluding carboxylic acids is 1. The van der Waals surface area contributed by atoms with Crippen LogP contribution in [-0.4, -0.2) is 98.0 Å². The fraction of sp³-hybridized carbons (Fsp3) is 0.447. The Bertz CT molecular complexity index is 2570. The highest BCUT2D eigenvalue weighted by Gasteiger charge is 2.54. The number of nitrogens with two attached hydrogens (primary N) is 1. The molecule has 5 aliphatic rings. The molecule has 4 fully saturated rings. The van der Waals surface area contributed by atoms with Crippen molar-refractivity contribution in [1.82, 2.24) is 29.3 Å². The first-order valence-corrected chi connectivity index (χ1v) is 19.4. The Morgan fingerprint density at radius 1 is 1.19 bits per heavy atom. The number of hydrogen-bond acceptors (Lipinski definition) is 11. The van der Waals surface area contributed by atoms with E-state index in [1.54, 1.807) is 22.9 Å². The lowest BCUT2D eigenvalue weighted by Crippen LogP contribution is -2.43. The summed E-state index contributed by atoms with van der Waals surface area (Å²) in [5.74, 6) is -3.04. The maximum absolute atomic E-state index is 17.6. The number of nitrogen functional groups attached to an aromatic ring is 1. The quantitative estimate of drug-likeness (QED) is 0.193. The zero-order chi connectivity index (χ0) is 39.7. The molecule has 5 aromatic rings. The van der Waals surface area contributed by atoms with Crippen molar-refractivity contribution in [3.63, 3.8) is 0 Å². The number of nitrogens with zero attached hydrogens (tertiary/aromatic N) is 8. The molecule has 2 N–H and O–H groups in total. The molecule has 3 aromatic heterocycles. The minimum absolute atomic E-state index is 0.0444. The van der Waals surface area contributed by atoms with Gasteiger partial charge in [0.25, 0.3) is 0 Å². The van der Waals surface area contributed by atoms with E-state index in [9.17, 15) is 14.4 Å². The fourth-order valence-electron chi connectivity index (χ4n) is 10.0. The average molecular weight is 810 g/mol. The number of hydrogen-bond donors (Lipinski definition) is 1. The molecule has 4 saturated heterocycles. The van der Waals surface area contributed by atoms with E-state index in [4.69, 9.17) is 20.2 Å². The van der Waals surface area contributed by atoms with Gasteiger partial charge in [0.2, 0.25) is 0 Å². The molecule has 5 aliphatic heterocycles. The number of alkyl halides is 4. The summed E-state index contributed by atoms with van der Waals surface area (Å²) in [4.78, 5) is 32.5. The number of anilines is 2. The average Bonchev–Trinajstić information content (AvgIpc) is 4.01. The molecule has 57 heavy (non-hydrogen) atoms. The minimum Gasteiger partial charge on any atom is -0.490 e. The van der Waals surface area contributed by atoms with Crippen LogP contribution in [0.5, 0.6) is 11.8 Å². The summed E-state index contributed by atoms with van der Waals surface area (Å²) < 4.78 is 108. The molecule has 0 radical (unpaired) electrons. The molecule has 0 spiro atoms. The summed E-state index contributed by atoms with van der Waals surface area (Å²) in [6.45, 7) is 2.66. The Morgan fingerprint density at radius 3 is 2.77 bits per heavy atom. The van der Waals surface area contributed by atoms with E-state index in [1.807, 2.05) is 11.0 Å². The molecular weight excluding hydrogens is 777 g/mol. The second kappa shape index (κ2) is 12.6. The molecule has 2 unspecified atom stereocenters. The molecule has 0 saturated carbocycles. The van der Waals surface area contributed by atoms with Crippen molar-refractivity contribution in [2.24, 2.45) is 0 Å². The number of amides is 1. The van der Waals surface area contributed by atoms with Crippen LogP contribution in [0.2, 0.25) is 0 Å². The van der Waals surface area contributed by atoms with Crippen molar-refractivity contribution in [2.75, 3.05) is 43.5 Å². The molecule has 19 heteroatoms. The number of thiophene rings is 1. The Hall–Kier alpha value is -5.35. The largest absolute Gasteiger partial charge is 0.490 e. The summed E-state index contributed by atoms with van der Waals surface area (Å²) in [5.41, 5.74) is 2.28. The standard InChI is InChI=1S/C38H33F6N9O3S/c1-17-12-50(16-47-17)36(54)52-8-5-23-24(52)9-19-14-55-31-27-30(48-35(49-34(27)53(19)23)56-15-37-6-2-7-51(37)13-18(39)10-37)29(41)26(28(31)38(42,43)44)20-3-4-22(40)32-25(20)21(11-45)33(46)57-32/h3-4,12,16,18-19,23-24H,2,5-10,13-15,46H2,1H3/t18-,19+,23?,24?,37+/m1/s1. The molecule has 296 valence electrons. The Kier molecular flexibility index (Phi) is 7.95. The lowest BCUT2D eigenvalue weighted by atomic mass is 9.91. The van der Waals surface area contributed by atoms with Crippen LogP contribution in [0.15, 0.2) is 24.7 Å². The highest BCUT2D eigenvalue weighted by Crippen LogP contribution is 2.55. The van der Waals surface area contributed by atoms with Crippen molar-refractivity contribution in [3.05, 3.63) is 53.1 Å². The van der Waals surface area contributed by atoms with E-state index in [0.29, 0.717) is 49.4 Å². The topological polar surface area (TPSA) is 139 Å². The van der Waals surface area contributed by atoms with Crippen LogP contribution in [0.25, 0.3) is 32.1 Å². The molecule has 0 bridgehead atoms. The van der Waals surface area contributed by atoms with Crippen LogP contribution in [0.4, 0.5) is 42.0 Å². The Morgan fingerprint density at radius 2 is 2.02 bits per heavy atom. The van der Waals surface area contributed by atoms with Crippen molar-refractivity contribution in [3.8, 4) is 29.0 Å². The third kappa shape index (κ3) is 5.28. The summed E-state index contributed by atoms with van der Waals surface area (Å²) in [6.07, 6.45) is -0.897. The number of benzene rings is 2. The van der Waals surface area contributed by atoms with Crippen LogP contribution in [0, 0.1) is 29.9 Å². The number of ether oxygens (including phenoxy) is 2. The van der Waals surface area contributed by atoms with E-state index in [0.717, 1.165) is 18.6 Å². The SMILES string of the molecule is Cc1cn(C(=O)N2CCC3C2C[C@H]2COc4c(C(F)(F)F)c(-c5ccc(F)c6sc(N)c(C#N)c56)c(F)c5nc(OC[C@@]67CCCN6C[C@H](F)C7)nc(c45)N32)cn1. The monoisotopic (exact) mass is 809 g/mol. The number of nitriles is 1. The molecule has 10 rings (SSSR count).